The minimum Gasteiger partial charge on any atom is -0.497 e. The number of rotatable bonds is 2. The maximum atomic E-state index is 6.39. The second-order valence-corrected chi connectivity index (χ2v) is 5.78. The van der Waals surface area contributed by atoms with E-state index in [0.29, 0.717) is 29.5 Å². The first-order valence-electron chi connectivity index (χ1n) is 7.74. The lowest BCUT2D eigenvalue weighted by molar-refractivity contribution is 0.415. The first-order chi connectivity index (χ1) is 12.1. The maximum absolute atomic E-state index is 6.39. The van der Waals surface area contributed by atoms with Gasteiger partial charge in [-0.1, -0.05) is 0 Å². The summed E-state index contributed by atoms with van der Waals surface area (Å²) in [6, 6.07) is 5.69. The highest BCUT2D eigenvalue weighted by Gasteiger charge is 2.27. The molecule has 1 aliphatic rings. The van der Waals surface area contributed by atoms with E-state index in [-0.39, 0.29) is 0 Å². The van der Waals surface area contributed by atoms with Crippen molar-refractivity contribution in [1.82, 2.24) is 14.5 Å². The topological polar surface area (TPSA) is 108 Å². The van der Waals surface area contributed by atoms with Crippen LogP contribution in [-0.2, 0) is 6.42 Å². The van der Waals surface area contributed by atoms with Crippen LogP contribution < -0.4 is 21.3 Å². The van der Waals surface area contributed by atoms with Crippen LogP contribution in [0.25, 0.3) is 17.3 Å². The summed E-state index contributed by atoms with van der Waals surface area (Å²) >= 11 is 0. The molecule has 0 saturated heterocycles. The van der Waals surface area contributed by atoms with Gasteiger partial charge in [-0.25, -0.2) is 15.8 Å². The smallest absolute Gasteiger partial charge is 0.246 e. The van der Waals surface area contributed by atoms with E-state index >= 15 is 0 Å². The molecule has 1 aliphatic heterocycles. The maximum Gasteiger partial charge on any atom is 0.246 e. The molecule has 1 aromatic carbocycles. The summed E-state index contributed by atoms with van der Waals surface area (Å²) in [7, 11) is 1.62. The molecule has 0 spiro atoms. The Morgan fingerprint density at radius 1 is 1.28 bits per heavy atom. The van der Waals surface area contributed by atoms with E-state index in [1.54, 1.807) is 24.6 Å². The number of hydrazine groups is 1. The normalized spacial score (nSPS) is 15.4. The standard InChI is InChI=1S/C17H18N6O2/c1-10(18)13-8-15-16(17-20-5-6-25-17)21-9-22(15)12-4-3-11(24-2)7-14(12)23(13)19/h3-7,9H,8,18-19H2,1-2H3/b13-10-. The van der Waals surface area contributed by atoms with Crippen molar-refractivity contribution < 1.29 is 9.15 Å². The van der Waals surface area contributed by atoms with Gasteiger partial charge in [-0.05, 0) is 19.1 Å². The summed E-state index contributed by atoms with van der Waals surface area (Å²) < 4.78 is 12.7. The third-order valence-electron chi connectivity index (χ3n) is 4.28. The Bertz CT molecular complexity index is 954. The van der Waals surface area contributed by atoms with E-state index in [9.17, 15) is 0 Å². The Balaban J connectivity index is 2.00. The van der Waals surface area contributed by atoms with Crippen LogP contribution >= 0.6 is 0 Å². The summed E-state index contributed by atoms with van der Waals surface area (Å²) in [4.78, 5) is 8.71. The van der Waals surface area contributed by atoms with Crippen LogP contribution in [-0.4, -0.2) is 21.6 Å². The zero-order valence-corrected chi connectivity index (χ0v) is 13.9. The van der Waals surface area contributed by atoms with Crippen LogP contribution in [0.5, 0.6) is 5.75 Å². The quantitative estimate of drug-likeness (QED) is 0.688. The average Bonchev–Trinajstić information content (AvgIpc) is 3.25. The molecule has 0 unspecified atom stereocenters. The molecule has 0 aliphatic carbocycles. The number of methoxy groups -OCH3 is 1. The lowest BCUT2D eigenvalue weighted by Crippen LogP contribution is -2.32. The number of oxazole rings is 1. The molecule has 4 N–H and O–H groups in total. The number of nitrogens with zero attached hydrogens (tertiary/aromatic N) is 4. The van der Waals surface area contributed by atoms with Gasteiger partial charge >= 0.3 is 0 Å². The lowest BCUT2D eigenvalue weighted by atomic mass is 10.1. The first kappa shape index (κ1) is 15.3. The van der Waals surface area contributed by atoms with Gasteiger partial charge in [0, 0.05) is 18.2 Å². The van der Waals surface area contributed by atoms with Crippen LogP contribution in [0, 0.1) is 0 Å². The van der Waals surface area contributed by atoms with Gasteiger partial charge in [0.15, 0.2) is 0 Å². The van der Waals surface area contributed by atoms with Crippen molar-refractivity contribution in [3.05, 3.63) is 54.1 Å². The number of fused-ring (bicyclic) bond motifs is 3. The van der Waals surface area contributed by atoms with E-state index in [2.05, 4.69) is 9.97 Å². The lowest BCUT2D eigenvalue weighted by Gasteiger charge is -2.23. The highest BCUT2D eigenvalue weighted by atomic mass is 16.5. The highest BCUT2D eigenvalue weighted by molar-refractivity contribution is 5.71. The summed E-state index contributed by atoms with van der Waals surface area (Å²) in [6.45, 7) is 1.83. The molecule has 8 heteroatoms. The van der Waals surface area contributed by atoms with E-state index in [4.69, 9.17) is 20.7 Å². The van der Waals surface area contributed by atoms with Crippen LogP contribution in [0.2, 0.25) is 0 Å². The highest BCUT2D eigenvalue weighted by Crippen LogP contribution is 2.37. The SMILES string of the molecule is COc1ccc2c(c1)N(N)/C(=C(/C)N)Cc1c(-c3ncco3)ncn1-2. The van der Waals surface area contributed by atoms with Gasteiger partial charge < -0.3 is 14.9 Å². The molecule has 2 aromatic heterocycles. The number of anilines is 1. The second kappa shape index (κ2) is 5.67. The number of ether oxygens (including phenoxy) is 1. The van der Waals surface area contributed by atoms with Gasteiger partial charge in [-0.15, -0.1) is 0 Å². The molecule has 128 valence electrons. The number of imidazole rings is 1. The second-order valence-electron chi connectivity index (χ2n) is 5.78. The minimum atomic E-state index is 0.461. The number of benzene rings is 1. The van der Waals surface area contributed by atoms with E-state index in [1.165, 1.54) is 6.26 Å². The predicted octanol–water partition coefficient (Wildman–Crippen LogP) is 1.96. The average molecular weight is 338 g/mol. The minimum absolute atomic E-state index is 0.461. The summed E-state index contributed by atoms with van der Waals surface area (Å²) in [5, 5.41) is 1.60. The first-order valence-corrected chi connectivity index (χ1v) is 7.74. The summed E-state index contributed by atoms with van der Waals surface area (Å²) in [5.74, 6) is 7.56. The van der Waals surface area contributed by atoms with Gasteiger partial charge in [0.1, 0.15) is 24.0 Å². The molecule has 0 bridgehead atoms. The molecule has 0 amide bonds. The molecule has 3 aromatic rings. The van der Waals surface area contributed by atoms with Crippen molar-refractivity contribution in [2.75, 3.05) is 12.1 Å². The van der Waals surface area contributed by atoms with Gasteiger partial charge in [0.05, 0.1) is 36.1 Å². The van der Waals surface area contributed by atoms with Crippen molar-refractivity contribution in [1.29, 1.82) is 0 Å². The molecule has 0 radical (unpaired) electrons. The van der Waals surface area contributed by atoms with E-state index in [0.717, 1.165) is 22.8 Å². The summed E-state index contributed by atoms with van der Waals surface area (Å²) in [6.07, 6.45) is 5.35. The van der Waals surface area contributed by atoms with Crippen LogP contribution in [0.3, 0.4) is 0 Å². The molecule has 3 heterocycles. The molecule has 0 atom stereocenters. The fourth-order valence-corrected chi connectivity index (χ4v) is 3.01. The molecule has 0 saturated carbocycles. The Morgan fingerprint density at radius 3 is 2.80 bits per heavy atom. The van der Waals surface area contributed by atoms with Gasteiger partial charge in [-0.2, -0.15) is 0 Å². The van der Waals surface area contributed by atoms with Crippen molar-refractivity contribution in [3.63, 3.8) is 0 Å². The van der Waals surface area contributed by atoms with Gasteiger partial charge in [0.2, 0.25) is 5.89 Å². The van der Waals surface area contributed by atoms with E-state index in [1.807, 2.05) is 29.7 Å². The number of hydrogen-bond acceptors (Lipinski definition) is 7. The molecule has 0 fully saturated rings. The van der Waals surface area contributed by atoms with Crippen molar-refractivity contribution >= 4 is 5.69 Å². The molecule has 4 rings (SSSR count). The fourth-order valence-electron chi connectivity index (χ4n) is 3.01. The number of allylic oxidation sites excluding steroid dienone is 2. The van der Waals surface area contributed by atoms with Crippen LogP contribution in [0.1, 0.15) is 12.6 Å². The molecule has 25 heavy (non-hydrogen) atoms. The number of nitrogens with two attached hydrogens (primary N) is 2. The van der Waals surface area contributed by atoms with Gasteiger partial charge in [-0.3, -0.25) is 9.58 Å². The van der Waals surface area contributed by atoms with Crippen molar-refractivity contribution in [3.8, 4) is 23.0 Å². The van der Waals surface area contributed by atoms with Gasteiger partial charge in [0.25, 0.3) is 0 Å². The largest absolute Gasteiger partial charge is 0.497 e. The van der Waals surface area contributed by atoms with E-state index < -0.39 is 0 Å². The Morgan fingerprint density at radius 2 is 2.12 bits per heavy atom. The number of aromatic nitrogens is 3. The van der Waals surface area contributed by atoms with Crippen LogP contribution in [0.4, 0.5) is 5.69 Å². The number of hydrogen-bond donors (Lipinski definition) is 2. The molecular formula is C17H18N6O2. The molecule has 8 nitrogen and oxygen atoms in total. The molecular weight excluding hydrogens is 320 g/mol. The zero-order chi connectivity index (χ0) is 17.6. The fraction of sp³-hybridized carbons (Fsp3) is 0.176. The van der Waals surface area contributed by atoms with Crippen molar-refractivity contribution in [2.24, 2.45) is 11.6 Å². The third-order valence-corrected chi connectivity index (χ3v) is 4.28. The Kier molecular flexibility index (Phi) is 3.47. The Labute approximate surface area is 144 Å². The Hall–Kier alpha value is -3.26. The predicted molar refractivity (Wildman–Crippen MR) is 92.9 cm³/mol. The van der Waals surface area contributed by atoms with Crippen molar-refractivity contribution in [2.45, 2.75) is 13.3 Å². The third kappa shape index (κ3) is 2.34. The zero-order valence-electron chi connectivity index (χ0n) is 13.9. The summed E-state index contributed by atoms with van der Waals surface area (Å²) in [5.41, 5.74) is 10.7. The van der Waals surface area contributed by atoms with Crippen LogP contribution in [0.15, 0.2) is 52.8 Å². The monoisotopic (exact) mass is 338 g/mol.